The third kappa shape index (κ3) is 3.79. The quantitative estimate of drug-likeness (QED) is 0.493. The molecule has 2 aromatic rings. The number of ketones is 1. The largest absolute Gasteiger partial charge is 0.427 e. The van der Waals surface area contributed by atoms with E-state index in [0.29, 0.717) is 5.56 Å². The van der Waals surface area contributed by atoms with Crippen molar-refractivity contribution in [1.29, 1.82) is 0 Å². The van der Waals surface area contributed by atoms with Gasteiger partial charge in [-0.15, -0.1) is 0 Å². The van der Waals surface area contributed by atoms with E-state index in [1.54, 1.807) is 30.3 Å². The summed E-state index contributed by atoms with van der Waals surface area (Å²) in [6, 6.07) is 12.8. The van der Waals surface area contributed by atoms with Crippen molar-refractivity contribution in [3.05, 3.63) is 59.7 Å². The molecule has 2 rings (SSSR count). The molecule has 0 aromatic heterocycles. The molecule has 0 saturated heterocycles. The molecule has 0 amide bonds. The molecule has 5 heteroatoms. The Hall–Kier alpha value is -2.95. The molecule has 0 aliphatic carbocycles. The maximum atomic E-state index is 12.6. The topological polar surface area (TPSA) is 69.7 Å². The van der Waals surface area contributed by atoms with E-state index in [0.717, 1.165) is 0 Å². The van der Waals surface area contributed by atoms with Crippen molar-refractivity contribution in [1.82, 2.24) is 0 Å². The average Bonchev–Trinajstić information content (AvgIpc) is 2.48. The lowest BCUT2D eigenvalue weighted by Crippen LogP contribution is -2.10. The predicted octanol–water partition coefficient (Wildman–Crippen LogP) is 2.77. The number of hydrogen-bond acceptors (Lipinski definition) is 5. The van der Waals surface area contributed by atoms with Crippen LogP contribution < -0.4 is 9.47 Å². The lowest BCUT2D eigenvalue weighted by molar-refractivity contribution is -0.133. The summed E-state index contributed by atoms with van der Waals surface area (Å²) in [5.41, 5.74) is 0.594. The molecule has 0 aliphatic rings. The fraction of sp³-hybridized carbons (Fsp3) is 0.118. The first-order chi connectivity index (χ1) is 10.5. The van der Waals surface area contributed by atoms with Crippen molar-refractivity contribution in [2.75, 3.05) is 0 Å². The van der Waals surface area contributed by atoms with Crippen LogP contribution in [0.5, 0.6) is 11.5 Å². The molecule has 5 nitrogen and oxygen atoms in total. The molecular formula is C17H14O5. The van der Waals surface area contributed by atoms with Gasteiger partial charge < -0.3 is 9.47 Å². The molecule has 0 atom stereocenters. The summed E-state index contributed by atoms with van der Waals surface area (Å²) in [6.07, 6.45) is 0. The third-order valence-corrected chi connectivity index (χ3v) is 2.75. The first-order valence-corrected chi connectivity index (χ1v) is 6.58. The number of ether oxygens (including phenoxy) is 2. The Morgan fingerprint density at radius 1 is 0.818 bits per heavy atom. The normalized spacial score (nSPS) is 9.91. The summed E-state index contributed by atoms with van der Waals surface area (Å²) in [6.45, 7) is 2.51. The highest BCUT2D eigenvalue weighted by Crippen LogP contribution is 2.27. The summed E-state index contributed by atoms with van der Waals surface area (Å²) >= 11 is 0. The van der Waals surface area contributed by atoms with Crippen LogP contribution in [0.1, 0.15) is 29.8 Å². The molecule has 0 N–H and O–H groups in total. The Morgan fingerprint density at radius 3 is 2.05 bits per heavy atom. The highest BCUT2D eigenvalue weighted by atomic mass is 16.5. The Bertz CT molecular complexity index is 719. The Balaban J connectivity index is 2.46. The van der Waals surface area contributed by atoms with Gasteiger partial charge in [0.15, 0.2) is 5.78 Å². The molecule has 0 unspecified atom stereocenters. The predicted molar refractivity (Wildman–Crippen MR) is 78.9 cm³/mol. The van der Waals surface area contributed by atoms with Gasteiger partial charge in [-0.2, -0.15) is 0 Å². The second-order valence-electron chi connectivity index (χ2n) is 4.54. The Kier molecular flexibility index (Phi) is 4.68. The van der Waals surface area contributed by atoms with Crippen LogP contribution in [-0.4, -0.2) is 17.7 Å². The monoisotopic (exact) mass is 298 g/mol. The van der Waals surface area contributed by atoms with Gasteiger partial charge in [-0.25, -0.2) is 0 Å². The molecule has 0 bridgehead atoms. The molecule has 112 valence electrons. The van der Waals surface area contributed by atoms with E-state index in [1.165, 1.54) is 32.0 Å². The van der Waals surface area contributed by atoms with Crippen molar-refractivity contribution in [2.45, 2.75) is 13.8 Å². The molecule has 22 heavy (non-hydrogen) atoms. The summed E-state index contributed by atoms with van der Waals surface area (Å²) in [4.78, 5) is 34.8. The summed E-state index contributed by atoms with van der Waals surface area (Å²) < 4.78 is 10.0. The van der Waals surface area contributed by atoms with Gasteiger partial charge in [0.1, 0.15) is 11.5 Å². The number of rotatable bonds is 4. The SMILES string of the molecule is CC(=O)Oc1ccc(OC(C)=O)c(C(=O)c2ccccc2)c1. The molecule has 0 saturated carbocycles. The molecule has 0 spiro atoms. The van der Waals surface area contributed by atoms with Crippen molar-refractivity contribution in [3.8, 4) is 11.5 Å². The Morgan fingerprint density at radius 2 is 1.45 bits per heavy atom. The van der Waals surface area contributed by atoms with Crippen LogP contribution in [0.3, 0.4) is 0 Å². The van der Waals surface area contributed by atoms with Crippen LogP contribution in [0.2, 0.25) is 0 Å². The van der Waals surface area contributed by atoms with Crippen LogP contribution in [0.15, 0.2) is 48.5 Å². The van der Waals surface area contributed by atoms with Crippen LogP contribution >= 0.6 is 0 Å². The number of carbonyl (C=O) groups excluding carboxylic acids is 3. The number of esters is 2. The lowest BCUT2D eigenvalue weighted by atomic mass is 10.0. The van der Waals surface area contributed by atoms with E-state index < -0.39 is 11.9 Å². The van der Waals surface area contributed by atoms with Gasteiger partial charge in [-0.1, -0.05) is 30.3 Å². The van der Waals surface area contributed by atoms with Crippen LogP contribution in [0.25, 0.3) is 0 Å². The number of benzene rings is 2. The van der Waals surface area contributed by atoms with Crippen LogP contribution in [-0.2, 0) is 9.59 Å². The van der Waals surface area contributed by atoms with E-state index in [9.17, 15) is 14.4 Å². The first-order valence-electron chi connectivity index (χ1n) is 6.58. The highest BCUT2D eigenvalue weighted by molar-refractivity contribution is 6.11. The van der Waals surface area contributed by atoms with E-state index in [2.05, 4.69) is 0 Å². The van der Waals surface area contributed by atoms with Crippen LogP contribution in [0.4, 0.5) is 0 Å². The van der Waals surface area contributed by atoms with Crippen LogP contribution in [0, 0.1) is 0 Å². The highest BCUT2D eigenvalue weighted by Gasteiger charge is 2.17. The average molecular weight is 298 g/mol. The molecular weight excluding hydrogens is 284 g/mol. The zero-order valence-corrected chi connectivity index (χ0v) is 12.2. The Labute approximate surface area is 127 Å². The minimum atomic E-state index is -0.539. The van der Waals surface area contributed by atoms with Crippen molar-refractivity contribution in [3.63, 3.8) is 0 Å². The molecule has 2 aromatic carbocycles. The van der Waals surface area contributed by atoms with Gasteiger partial charge >= 0.3 is 11.9 Å². The third-order valence-electron chi connectivity index (χ3n) is 2.75. The van der Waals surface area contributed by atoms with Gasteiger partial charge in [0, 0.05) is 19.4 Å². The van der Waals surface area contributed by atoms with Gasteiger partial charge in [0.05, 0.1) is 5.56 Å². The minimum absolute atomic E-state index is 0.122. The van der Waals surface area contributed by atoms with Crippen molar-refractivity contribution in [2.24, 2.45) is 0 Å². The summed E-state index contributed by atoms with van der Waals surface area (Å²) in [7, 11) is 0. The molecule has 0 radical (unpaired) electrons. The first kappa shape index (κ1) is 15.4. The van der Waals surface area contributed by atoms with Gasteiger partial charge in [-0.05, 0) is 18.2 Å². The minimum Gasteiger partial charge on any atom is -0.427 e. The lowest BCUT2D eigenvalue weighted by Gasteiger charge is -2.10. The summed E-state index contributed by atoms with van der Waals surface area (Å²) in [5, 5.41) is 0. The van der Waals surface area contributed by atoms with E-state index >= 15 is 0 Å². The number of carbonyl (C=O) groups is 3. The van der Waals surface area contributed by atoms with Gasteiger partial charge in [0.2, 0.25) is 0 Å². The van der Waals surface area contributed by atoms with Crippen molar-refractivity contribution < 1.29 is 23.9 Å². The second kappa shape index (κ2) is 6.67. The summed E-state index contributed by atoms with van der Waals surface area (Å²) in [5.74, 6) is -1.04. The molecule has 0 heterocycles. The standard InChI is InChI=1S/C17H14O5/c1-11(18)21-14-8-9-16(22-12(2)19)15(10-14)17(20)13-6-4-3-5-7-13/h3-10H,1-2H3. The zero-order chi connectivity index (χ0) is 16.1. The van der Waals surface area contributed by atoms with Crippen molar-refractivity contribution >= 4 is 17.7 Å². The fourth-order valence-corrected chi connectivity index (χ4v) is 1.90. The zero-order valence-electron chi connectivity index (χ0n) is 12.2. The molecule has 0 fully saturated rings. The van der Waals surface area contributed by atoms with E-state index in [4.69, 9.17) is 9.47 Å². The van der Waals surface area contributed by atoms with E-state index in [1.807, 2.05) is 0 Å². The second-order valence-corrected chi connectivity index (χ2v) is 4.54. The van der Waals surface area contributed by atoms with Gasteiger partial charge in [0.25, 0.3) is 0 Å². The van der Waals surface area contributed by atoms with E-state index in [-0.39, 0.29) is 22.8 Å². The maximum Gasteiger partial charge on any atom is 0.308 e. The van der Waals surface area contributed by atoms with Gasteiger partial charge in [-0.3, -0.25) is 14.4 Å². The fourth-order valence-electron chi connectivity index (χ4n) is 1.90. The smallest absolute Gasteiger partial charge is 0.308 e. The maximum absolute atomic E-state index is 12.6. The number of hydrogen-bond donors (Lipinski definition) is 0. The molecule has 0 aliphatic heterocycles.